The summed E-state index contributed by atoms with van der Waals surface area (Å²) in [5.41, 5.74) is 2.38. The zero-order chi connectivity index (χ0) is 17.8. The van der Waals surface area contributed by atoms with Gasteiger partial charge in [0.1, 0.15) is 5.82 Å². The van der Waals surface area contributed by atoms with E-state index in [4.69, 9.17) is 0 Å². The van der Waals surface area contributed by atoms with Gasteiger partial charge in [0.2, 0.25) is 0 Å². The number of hydrogen-bond donors (Lipinski definition) is 3. The van der Waals surface area contributed by atoms with Crippen LogP contribution in [0.5, 0.6) is 0 Å². The third-order valence-corrected chi connectivity index (χ3v) is 4.66. The van der Waals surface area contributed by atoms with E-state index in [0.717, 1.165) is 11.1 Å². The highest BCUT2D eigenvalue weighted by molar-refractivity contribution is 5.75. The van der Waals surface area contributed by atoms with Crippen LogP contribution in [0.4, 0.5) is 9.18 Å². The third-order valence-electron chi connectivity index (χ3n) is 4.66. The van der Waals surface area contributed by atoms with Crippen molar-refractivity contribution in [2.24, 2.45) is 0 Å². The van der Waals surface area contributed by atoms with Gasteiger partial charge in [0.15, 0.2) is 0 Å². The van der Waals surface area contributed by atoms with Crippen molar-refractivity contribution >= 4 is 6.03 Å². The molecule has 3 N–H and O–H groups in total. The van der Waals surface area contributed by atoms with Crippen LogP contribution in [0.2, 0.25) is 0 Å². The first-order chi connectivity index (χ1) is 12.0. The Balaban J connectivity index is 1.53. The van der Waals surface area contributed by atoms with Crippen LogP contribution < -0.4 is 10.6 Å². The highest BCUT2D eigenvalue weighted by Gasteiger charge is 2.26. The minimum absolute atomic E-state index is 0.169. The van der Waals surface area contributed by atoms with E-state index in [2.05, 4.69) is 10.6 Å². The zero-order valence-corrected chi connectivity index (χ0v) is 14.2. The fourth-order valence-electron chi connectivity index (χ4n) is 3.39. The second kappa shape index (κ2) is 7.66. The molecule has 0 spiro atoms. The van der Waals surface area contributed by atoms with Crippen molar-refractivity contribution in [1.29, 1.82) is 0 Å². The standard InChI is InChI=1S/C20H23FN2O2/c1-13(12-19(24)14-6-3-2-4-7-14)22-20(25)23-18-11-10-15-16(18)8-5-9-17(15)21/h2-9,13,18-19,24H,10-12H2,1H3,(H2,22,23,25). The van der Waals surface area contributed by atoms with Crippen molar-refractivity contribution in [3.05, 3.63) is 71.0 Å². The van der Waals surface area contributed by atoms with E-state index in [1.54, 1.807) is 6.07 Å². The molecule has 3 atom stereocenters. The molecule has 5 heteroatoms. The lowest BCUT2D eigenvalue weighted by Gasteiger charge is -2.20. The van der Waals surface area contributed by atoms with Crippen LogP contribution in [-0.4, -0.2) is 17.2 Å². The summed E-state index contributed by atoms with van der Waals surface area (Å²) in [5, 5.41) is 16.0. The molecule has 4 nitrogen and oxygen atoms in total. The fraction of sp³-hybridized carbons (Fsp3) is 0.350. The van der Waals surface area contributed by atoms with Crippen LogP contribution in [0.15, 0.2) is 48.5 Å². The smallest absolute Gasteiger partial charge is 0.315 e. The van der Waals surface area contributed by atoms with Crippen LogP contribution >= 0.6 is 0 Å². The number of urea groups is 1. The third kappa shape index (κ3) is 4.17. The van der Waals surface area contributed by atoms with E-state index in [0.29, 0.717) is 24.8 Å². The van der Waals surface area contributed by atoms with Crippen LogP contribution in [0.1, 0.15) is 48.6 Å². The van der Waals surface area contributed by atoms with Gasteiger partial charge >= 0.3 is 6.03 Å². The summed E-state index contributed by atoms with van der Waals surface area (Å²) >= 11 is 0. The molecule has 3 unspecified atom stereocenters. The predicted octanol–water partition coefficient (Wildman–Crippen LogP) is 3.62. The Morgan fingerprint density at radius 1 is 1.24 bits per heavy atom. The molecular weight excluding hydrogens is 319 g/mol. The molecule has 2 aromatic carbocycles. The summed E-state index contributed by atoms with van der Waals surface area (Å²) in [6.45, 7) is 1.86. The van der Waals surface area contributed by atoms with E-state index in [1.807, 2.05) is 43.3 Å². The second-order valence-electron chi connectivity index (χ2n) is 6.58. The summed E-state index contributed by atoms with van der Waals surface area (Å²) in [7, 11) is 0. The largest absolute Gasteiger partial charge is 0.388 e. The molecule has 0 heterocycles. The summed E-state index contributed by atoms with van der Waals surface area (Å²) < 4.78 is 13.8. The molecule has 0 saturated heterocycles. The average Bonchev–Trinajstić information content (AvgIpc) is 2.99. The maximum Gasteiger partial charge on any atom is 0.315 e. The Bertz CT molecular complexity index is 736. The molecule has 3 rings (SSSR count). The minimum Gasteiger partial charge on any atom is -0.388 e. The maximum atomic E-state index is 13.8. The number of carbonyl (C=O) groups is 1. The van der Waals surface area contributed by atoms with Gasteiger partial charge in [-0.05, 0) is 48.9 Å². The highest BCUT2D eigenvalue weighted by atomic mass is 19.1. The van der Waals surface area contributed by atoms with Crippen molar-refractivity contribution in [1.82, 2.24) is 10.6 Å². The first kappa shape index (κ1) is 17.4. The first-order valence-electron chi connectivity index (χ1n) is 8.62. The predicted molar refractivity (Wildman–Crippen MR) is 94.6 cm³/mol. The van der Waals surface area contributed by atoms with E-state index < -0.39 is 6.10 Å². The van der Waals surface area contributed by atoms with Crippen molar-refractivity contribution < 1.29 is 14.3 Å². The van der Waals surface area contributed by atoms with Crippen LogP contribution in [0.3, 0.4) is 0 Å². The molecule has 2 aromatic rings. The van der Waals surface area contributed by atoms with Crippen molar-refractivity contribution in [3.8, 4) is 0 Å². The molecule has 1 aliphatic carbocycles. The van der Waals surface area contributed by atoms with Crippen LogP contribution in [0.25, 0.3) is 0 Å². The highest BCUT2D eigenvalue weighted by Crippen LogP contribution is 2.32. The molecular formula is C20H23FN2O2. The van der Waals surface area contributed by atoms with E-state index in [9.17, 15) is 14.3 Å². The molecule has 0 aliphatic heterocycles. The van der Waals surface area contributed by atoms with Gasteiger partial charge < -0.3 is 15.7 Å². The van der Waals surface area contributed by atoms with Gasteiger partial charge in [-0.3, -0.25) is 0 Å². The number of fused-ring (bicyclic) bond motifs is 1. The SMILES string of the molecule is CC(CC(O)c1ccccc1)NC(=O)NC1CCc2c(F)cccc21. The van der Waals surface area contributed by atoms with Gasteiger partial charge in [0, 0.05) is 6.04 Å². The van der Waals surface area contributed by atoms with Gasteiger partial charge in [-0.25, -0.2) is 9.18 Å². The second-order valence-corrected chi connectivity index (χ2v) is 6.58. The van der Waals surface area contributed by atoms with Gasteiger partial charge in [0.05, 0.1) is 12.1 Å². The van der Waals surface area contributed by atoms with Crippen molar-refractivity contribution in [2.45, 2.75) is 44.4 Å². The molecule has 1 aliphatic rings. The van der Waals surface area contributed by atoms with Gasteiger partial charge in [-0.1, -0.05) is 42.5 Å². The Kier molecular flexibility index (Phi) is 5.34. The molecule has 0 aromatic heterocycles. The molecule has 0 saturated carbocycles. The summed E-state index contributed by atoms with van der Waals surface area (Å²) in [6, 6.07) is 13.7. The quantitative estimate of drug-likeness (QED) is 0.777. The summed E-state index contributed by atoms with van der Waals surface area (Å²) in [5.74, 6) is -0.207. The monoisotopic (exact) mass is 342 g/mol. The Hall–Kier alpha value is -2.40. The molecule has 25 heavy (non-hydrogen) atoms. The normalized spacial score (nSPS) is 18.3. The van der Waals surface area contributed by atoms with Crippen LogP contribution in [-0.2, 0) is 6.42 Å². The number of aliphatic hydroxyl groups excluding tert-OH is 1. The number of benzene rings is 2. The van der Waals surface area contributed by atoms with Gasteiger partial charge in [-0.15, -0.1) is 0 Å². The lowest BCUT2D eigenvalue weighted by molar-refractivity contribution is 0.154. The molecule has 0 fully saturated rings. The Morgan fingerprint density at radius 2 is 2.00 bits per heavy atom. The lowest BCUT2D eigenvalue weighted by atomic mass is 10.0. The maximum absolute atomic E-state index is 13.8. The number of nitrogens with one attached hydrogen (secondary N) is 2. The average molecular weight is 342 g/mol. The Labute approximate surface area is 147 Å². The molecule has 132 valence electrons. The van der Waals surface area contributed by atoms with E-state index in [1.165, 1.54) is 6.07 Å². The van der Waals surface area contributed by atoms with Gasteiger partial charge in [-0.2, -0.15) is 0 Å². The first-order valence-corrected chi connectivity index (χ1v) is 8.62. The topological polar surface area (TPSA) is 61.4 Å². The number of hydrogen-bond acceptors (Lipinski definition) is 2. The van der Waals surface area contributed by atoms with Crippen molar-refractivity contribution in [2.75, 3.05) is 0 Å². The lowest BCUT2D eigenvalue weighted by Crippen LogP contribution is -2.42. The van der Waals surface area contributed by atoms with Crippen LogP contribution in [0, 0.1) is 5.82 Å². The number of amides is 2. The number of carbonyl (C=O) groups excluding carboxylic acids is 1. The molecule has 0 bridgehead atoms. The number of halogens is 1. The molecule has 2 amide bonds. The summed E-state index contributed by atoms with van der Waals surface area (Å²) in [6.07, 6.45) is 1.13. The fourth-order valence-corrected chi connectivity index (χ4v) is 3.39. The molecule has 0 radical (unpaired) electrons. The van der Waals surface area contributed by atoms with E-state index >= 15 is 0 Å². The summed E-state index contributed by atoms with van der Waals surface area (Å²) in [4.78, 5) is 12.2. The van der Waals surface area contributed by atoms with Gasteiger partial charge in [0.25, 0.3) is 0 Å². The van der Waals surface area contributed by atoms with E-state index in [-0.39, 0.29) is 23.9 Å². The van der Waals surface area contributed by atoms with Crippen molar-refractivity contribution in [3.63, 3.8) is 0 Å². The zero-order valence-electron chi connectivity index (χ0n) is 14.2. The number of rotatable bonds is 5. The number of aliphatic hydroxyl groups is 1. The minimum atomic E-state index is -0.627. The Morgan fingerprint density at radius 3 is 2.76 bits per heavy atom.